The molecule has 2 aromatic heterocycles. The third-order valence-electron chi connectivity index (χ3n) is 3.79. The van der Waals surface area contributed by atoms with Gasteiger partial charge in [-0.05, 0) is 31.2 Å². The number of carbonyl (C=O) groups is 1. The maximum Gasteiger partial charge on any atom is 0.328 e. The molecule has 8 nitrogen and oxygen atoms in total. The number of nitrogens with zero attached hydrogens (tertiary/aromatic N) is 2. The second-order valence-corrected chi connectivity index (χ2v) is 5.60. The standard InChI is InChI=1S/C19H18N4O4/c1-2-27-16-9-4-3-8-15(16)22-17(24)14-11-21-19(26)23(18(14)25)12-13-7-5-6-10-20-13/h3-11H,2,12H2,1H3,(H,21,26)(H,22,24). The molecule has 138 valence electrons. The summed E-state index contributed by atoms with van der Waals surface area (Å²) in [6, 6.07) is 12.1. The van der Waals surface area contributed by atoms with E-state index in [1.54, 1.807) is 48.7 Å². The molecule has 27 heavy (non-hydrogen) atoms. The number of amides is 1. The number of benzene rings is 1. The highest BCUT2D eigenvalue weighted by molar-refractivity contribution is 6.04. The van der Waals surface area contributed by atoms with Gasteiger partial charge in [0, 0.05) is 12.4 Å². The van der Waals surface area contributed by atoms with Crippen LogP contribution in [0.1, 0.15) is 23.0 Å². The van der Waals surface area contributed by atoms with E-state index >= 15 is 0 Å². The van der Waals surface area contributed by atoms with E-state index in [-0.39, 0.29) is 12.1 Å². The van der Waals surface area contributed by atoms with Crippen LogP contribution in [0.5, 0.6) is 5.75 Å². The Morgan fingerprint density at radius 1 is 1.19 bits per heavy atom. The molecule has 0 bridgehead atoms. The largest absolute Gasteiger partial charge is 0.492 e. The normalized spacial score (nSPS) is 10.4. The van der Waals surface area contributed by atoms with Crippen LogP contribution in [0.3, 0.4) is 0 Å². The Balaban J connectivity index is 1.91. The van der Waals surface area contributed by atoms with Gasteiger partial charge in [-0.2, -0.15) is 0 Å². The average molecular weight is 366 g/mol. The van der Waals surface area contributed by atoms with Crippen LogP contribution in [-0.2, 0) is 6.54 Å². The number of H-pyrrole nitrogens is 1. The van der Waals surface area contributed by atoms with E-state index in [1.165, 1.54) is 0 Å². The fraction of sp³-hybridized carbons (Fsp3) is 0.158. The first-order chi connectivity index (χ1) is 13.1. The Bertz CT molecular complexity index is 1060. The highest BCUT2D eigenvalue weighted by Gasteiger charge is 2.16. The summed E-state index contributed by atoms with van der Waals surface area (Å²) in [5.41, 5.74) is -0.528. The maximum absolute atomic E-state index is 12.7. The molecule has 0 atom stereocenters. The molecule has 0 spiro atoms. The molecule has 3 rings (SSSR count). The van der Waals surface area contributed by atoms with Crippen molar-refractivity contribution in [3.63, 3.8) is 0 Å². The molecule has 0 aliphatic rings. The van der Waals surface area contributed by atoms with Gasteiger partial charge in [0.2, 0.25) is 0 Å². The van der Waals surface area contributed by atoms with Crippen LogP contribution >= 0.6 is 0 Å². The molecule has 0 unspecified atom stereocenters. The molecule has 0 radical (unpaired) electrons. The number of pyridine rings is 1. The predicted octanol–water partition coefficient (Wildman–Crippen LogP) is 1.63. The van der Waals surface area contributed by atoms with E-state index in [4.69, 9.17) is 4.74 Å². The molecule has 0 saturated carbocycles. The van der Waals surface area contributed by atoms with Crippen molar-refractivity contribution in [3.05, 3.63) is 87.0 Å². The zero-order valence-electron chi connectivity index (χ0n) is 14.6. The lowest BCUT2D eigenvalue weighted by Crippen LogP contribution is -2.39. The van der Waals surface area contributed by atoms with E-state index < -0.39 is 17.2 Å². The summed E-state index contributed by atoms with van der Waals surface area (Å²) in [7, 11) is 0. The van der Waals surface area contributed by atoms with Crippen LogP contribution in [-0.4, -0.2) is 27.0 Å². The van der Waals surface area contributed by atoms with Gasteiger partial charge < -0.3 is 15.0 Å². The Hall–Kier alpha value is -3.68. The third kappa shape index (κ3) is 4.12. The monoisotopic (exact) mass is 366 g/mol. The van der Waals surface area contributed by atoms with Gasteiger partial charge in [-0.15, -0.1) is 0 Å². The molecule has 0 aliphatic carbocycles. The van der Waals surface area contributed by atoms with Crippen LogP contribution in [0.4, 0.5) is 5.69 Å². The summed E-state index contributed by atoms with van der Waals surface area (Å²) < 4.78 is 6.40. The number of aromatic amines is 1. The first-order valence-electron chi connectivity index (χ1n) is 8.35. The minimum Gasteiger partial charge on any atom is -0.492 e. The zero-order chi connectivity index (χ0) is 19.2. The summed E-state index contributed by atoms with van der Waals surface area (Å²) in [6.07, 6.45) is 2.67. The van der Waals surface area contributed by atoms with Gasteiger partial charge in [0.25, 0.3) is 11.5 Å². The number of anilines is 1. The van der Waals surface area contributed by atoms with Gasteiger partial charge in [0.05, 0.1) is 24.5 Å². The molecule has 2 N–H and O–H groups in total. The van der Waals surface area contributed by atoms with E-state index in [1.807, 2.05) is 6.92 Å². The van der Waals surface area contributed by atoms with Crippen molar-refractivity contribution in [1.29, 1.82) is 0 Å². The summed E-state index contributed by atoms with van der Waals surface area (Å²) >= 11 is 0. The number of hydrogen-bond acceptors (Lipinski definition) is 5. The SMILES string of the molecule is CCOc1ccccc1NC(=O)c1c[nH]c(=O)n(Cc2ccccn2)c1=O. The number of para-hydroxylation sites is 2. The van der Waals surface area contributed by atoms with Crippen molar-refractivity contribution < 1.29 is 9.53 Å². The number of ether oxygens (including phenoxy) is 1. The second kappa shape index (κ2) is 8.13. The van der Waals surface area contributed by atoms with E-state index in [0.717, 1.165) is 10.8 Å². The van der Waals surface area contributed by atoms with Gasteiger partial charge in [-0.1, -0.05) is 18.2 Å². The topological polar surface area (TPSA) is 106 Å². The predicted molar refractivity (Wildman–Crippen MR) is 100 cm³/mol. The zero-order valence-corrected chi connectivity index (χ0v) is 14.6. The number of carbonyl (C=O) groups excluding carboxylic acids is 1. The lowest BCUT2D eigenvalue weighted by molar-refractivity contribution is 0.102. The van der Waals surface area contributed by atoms with Gasteiger partial charge in [-0.25, -0.2) is 4.79 Å². The summed E-state index contributed by atoms with van der Waals surface area (Å²) in [6.45, 7) is 2.23. The van der Waals surface area contributed by atoms with Crippen molar-refractivity contribution in [3.8, 4) is 5.75 Å². The van der Waals surface area contributed by atoms with E-state index in [0.29, 0.717) is 23.7 Å². The minimum atomic E-state index is -0.698. The number of nitrogens with one attached hydrogen (secondary N) is 2. The minimum absolute atomic E-state index is 0.0361. The smallest absolute Gasteiger partial charge is 0.328 e. The molecule has 3 aromatic rings. The Morgan fingerprint density at radius 2 is 1.96 bits per heavy atom. The summed E-state index contributed by atoms with van der Waals surface area (Å²) in [4.78, 5) is 43.8. The summed E-state index contributed by atoms with van der Waals surface area (Å²) in [5, 5.41) is 2.65. The van der Waals surface area contributed by atoms with Crippen LogP contribution in [0, 0.1) is 0 Å². The van der Waals surface area contributed by atoms with Crippen LogP contribution in [0.15, 0.2) is 64.4 Å². The van der Waals surface area contributed by atoms with Gasteiger partial charge in [0.1, 0.15) is 11.3 Å². The first-order valence-corrected chi connectivity index (χ1v) is 8.35. The quantitative estimate of drug-likeness (QED) is 0.690. The fourth-order valence-electron chi connectivity index (χ4n) is 2.51. The van der Waals surface area contributed by atoms with Crippen molar-refractivity contribution in [2.45, 2.75) is 13.5 Å². The Kier molecular flexibility index (Phi) is 5.46. The Morgan fingerprint density at radius 3 is 2.70 bits per heavy atom. The van der Waals surface area contributed by atoms with Gasteiger partial charge >= 0.3 is 5.69 Å². The highest BCUT2D eigenvalue weighted by Crippen LogP contribution is 2.23. The molecule has 0 aliphatic heterocycles. The molecule has 0 saturated heterocycles. The van der Waals surface area contributed by atoms with Crippen molar-refractivity contribution in [1.82, 2.24) is 14.5 Å². The first kappa shape index (κ1) is 18.1. The van der Waals surface area contributed by atoms with Crippen LogP contribution in [0.25, 0.3) is 0 Å². The molecule has 1 aromatic carbocycles. The summed E-state index contributed by atoms with van der Waals surface area (Å²) in [5.74, 6) is -0.148. The molecule has 0 fully saturated rings. The second-order valence-electron chi connectivity index (χ2n) is 5.60. The number of hydrogen-bond donors (Lipinski definition) is 2. The van der Waals surface area contributed by atoms with Crippen molar-refractivity contribution >= 4 is 11.6 Å². The lowest BCUT2D eigenvalue weighted by Gasteiger charge is -2.11. The molecule has 2 heterocycles. The molecular formula is C19H18N4O4. The van der Waals surface area contributed by atoms with Gasteiger partial charge in [0.15, 0.2) is 0 Å². The van der Waals surface area contributed by atoms with Crippen molar-refractivity contribution in [2.75, 3.05) is 11.9 Å². The maximum atomic E-state index is 12.7. The third-order valence-corrected chi connectivity index (χ3v) is 3.79. The number of aromatic nitrogens is 3. The van der Waals surface area contributed by atoms with E-state index in [2.05, 4.69) is 15.3 Å². The van der Waals surface area contributed by atoms with Crippen LogP contribution in [0.2, 0.25) is 0 Å². The van der Waals surface area contributed by atoms with Crippen molar-refractivity contribution in [2.24, 2.45) is 0 Å². The lowest BCUT2D eigenvalue weighted by atomic mass is 10.2. The molecular weight excluding hydrogens is 348 g/mol. The van der Waals surface area contributed by atoms with Gasteiger partial charge in [-0.3, -0.25) is 19.1 Å². The average Bonchev–Trinajstić information content (AvgIpc) is 2.67. The van der Waals surface area contributed by atoms with E-state index in [9.17, 15) is 14.4 Å². The number of rotatable bonds is 6. The molecule has 1 amide bonds. The van der Waals surface area contributed by atoms with Crippen LogP contribution < -0.4 is 21.3 Å². The Labute approximate surface area is 154 Å². The fourth-order valence-corrected chi connectivity index (χ4v) is 2.51. The molecule has 8 heteroatoms. The highest BCUT2D eigenvalue weighted by atomic mass is 16.5.